The number of nitrogens with zero attached hydrogens (tertiary/aromatic N) is 1. The number of rotatable bonds is 10. The molecule has 0 spiro atoms. The van der Waals surface area contributed by atoms with Crippen LogP contribution in [0.15, 0.2) is 66.1 Å². The Labute approximate surface area is 252 Å². The van der Waals surface area contributed by atoms with Crippen LogP contribution in [0.25, 0.3) is 0 Å². The fourth-order valence-corrected chi connectivity index (χ4v) is 6.36. The molecule has 42 heavy (non-hydrogen) atoms. The van der Waals surface area contributed by atoms with Crippen molar-refractivity contribution in [2.24, 2.45) is 0 Å². The fourth-order valence-electron chi connectivity index (χ4n) is 5.70. The molecule has 2 heterocycles. The van der Waals surface area contributed by atoms with Gasteiger partial charge < -0.3 is 19.5 Å². The van der Waals surface area contributed by atoms with Gasteiger partial charge in [0, 0.05) is 18.0 Å². The lowest BCUT2D eigenvalue weighted by molar-refractivity contribution is -0.113. The average Bonchev–Trinajstić information content (AvgIpc) is 3.24. The summed E-state index contributed by atoms with van der Waals surface area (Å²) in [6, 6.07) is 17.3. The summed E-state index contributed by atoms with van der Waals surface area (Å²) in [7, 11) is 1.91. The van der Waals surface area contributed by atoms with E-state index in [1.165, 1.54) is 5.56 Å². The van der Waals surface area contributed by atoms with Crippen LogP contribution in [0.3, 0.4) is 0 Å². The molecule has 0 aliphatic carbocycles. The van der Waals surface area contributed by atoms with E-state index >= 15 is 0 Å². The molecular formula is C34H38N2O5S. The number of hydrogen-bond donors (Lipinski definition) is 1. The molecule has 2 atom stereocenters. The first kappa shape index (κ1) is 29.7. The topological polar surface area (TPSA) is 77.1 Å². The second kappa shape index (κ2) is 12.2. The number of ether oxygens (including phenoxy) is 3. The third-order valence-corrected chi connectivity index (χ3v) is 9.03. The van der Waals surface area contributed by atoms with Gasteiger partial charge in [0.05, 0.1) is 10.6 Å². The van der Waals surface area contributed by atoms with Gasteiger partial charge in [0.1, 0.15) is 36.1 Å². The van der Waals surface area contributed by atoms with Gasteiger partial charge in [-0.3, -0.25) is 9.59 Å². The average molecular weight is 587 g/mol. The lowest BCUT2D eigenvalue weighted by Crippen LogP contribution is -2.45. The number of hydrogen-bond acceptors (Lipinski definition) is 7. The van der Waals surface area contributed by atoms with E-state index in [2.05, 4.69) is 51.7 Å². The predicted molar refractivity (Wildman–Crippen MR) is 168 cm³/mol. The monoisotopic (exact) mass is 586 g/mol. The van der Waals surface area contributed by atoms with Crippen molar-refractivity contribution in [1.29, 1.82) is 0 Å². The number of carbonyl (C=O) groups excluding carboxylic acids is 2. The molecule has 2 aliphatic rings. The van der Waals surface area contributed by atoms with Crippen LogP contribution >= 0.6 is 11.8 Å². The lowest BCUT2D eigenvalue weighted by atomic mass is 9.84. The first-order chi connectivity index (χ1) is 20.1. The van der Waals surface area contributed by atoms with Gasteiger partial charge in [-0.1, -0.05) is 49.0 Å². The number of anilines is 1. The summed E-state index contributed by atoms with van der Waals surface area (Å²) in [5, 5.41) is 3.00. The van der Waals surface area contributed by atoms with E-state index in [9.17, 15) is 9.59 Å². The van der Waals surface area contributed by atoms with E-state index in [1.807, 2.05) is 31.3 Å². The van der Waals surface area contributed by atoms with Gasteiger partial charge >= 0.3 is 0 Å². The Morgan fingerprint density at radius 2 is 1.74 bits per heavy atom. The molecule has 2 aliphatic heterocycles. The maximum absolute atomic E-state index is 12.6. The van der Waals surface area contributed by atoms with E-state index < -0.39 is 11.5 Å². The van der Waals surface area contributed by atoms with E-state index in [0.29, 0.717) is 31.1 Å². The number of carbonyl (C=O) groups is 2. The zero-order valence-electron chi connectivity index (χ0n) is 24.9. The van der Waals surface area contributed by atoms with Gasteiger partial charge in [-0.15, -0.1) is 0 Å². The molecule has 7 nitrogen and oxygen atoms in total. The van der Waals surface area contributed by atoms with Crippen LogP contribution in [-0.2, 0) is 17.8 Å². The first-order valence-electron chi connectivity index (χ1n) is 14.2. The van der Waals surface area contributed by atoms with Crippen molar-refractivity contribution in [3.63, 3.8) is 0 Å². The second-order valence-electron chi connectivity index (χ2n) is 11.2. The highest BCUT2D eigenvalue weighted by Gasteiger charge is 2.38. The van der Waals surface area contributed by atoms with Gasteiger partial charge in [-0.2, -0.15) is 0 Å². The smallest absolute Gasteiger partial charge is 0.298 e. The fraction of sp³-hybridized carbons (Fsp3) is 0.353. The summed E-state index contributed by atoms with van der Waals surface area (Å²) in [5.74, 6) is 1.96. The summed E-state index contributed by atoms with van der Waals surface area (Å²) in [6.07, 6.45) is 2.46. The molecule has 0 radical (unpaired) electrons. The van der Waals surface area contributed by atoms with Crippen molar-refractivity contribution in [3.05, 3.63) is 93.9 Å². The third-order valence-electron chi connectivity index (χ3n) is 8.26. The second-order valence-corrected chi connectivity index (χ2v) is 12.3. The number of para-hydroxylation sites is 2. The van der Waals surface area contributed by atoms with Crippen molar-refractivity contribution in [3.8, 4) is 17.2 Å². The minimum absolute atomic E-state index is 0.0325. The number of amides is 2. The Balaban J connectivity index is 1.29. The molecule has 1 fully saturated rings. The number of thioether (sulfide) groups is 1. The zero-order chi connectivity index (χ0) is 30.0. The standard InChI is InChI=1S/C34H38N2O5S/c1-21-22(2)31-27(23(3)30(21)40-19-25-12-8-7-9-13-25)16-17-34(5,41-31)18-26(35-6)20-39-29-15-11-10-14-28(29)36-32(37)24(4)42-33(36)38/h7-15,26,35H,4,16-20H2,1-3,5-6H3. The van der Waals surface area contributed by atoms with Crippen LogP contribution in [-0.4, -0.2) is 36.4 Å². The van der Waals surface area contributed by atoms with Crippen molar-refractivity contribution >= 4 is 28.6 Å². The normalized spacial score (nSPS) is 19.0. The lowest BCUT2D eigenvalue weighted by Gasteiger charge is -2.40. The quantitative estimate of drug-likeness (QED) is 0.255. The number of imide groups is 1. The molecule has 1 saturated heterocycles. The van der Waals surface area contributed by atoms with Crippen LogP contribution in [0.1, 0.15) is 47.6 Å². The highest BCUT2D eigenvalue weighted by molar-refractivity contribution is 8.18. The molecule has 3 aromatic rings. The molecule has 0 saturated carbocycles. The first-order valence-corrected chi connectivity index (χ1v) is 15.1. The molecule has 1 N–H and O–H groups in total. The highest BCUT2D eigenvalue weighted by Crippen LogP contribution is 2.45. The molecule has 2 unspecified atom stereocenters. The Kier molecular flexibility index (Phi) is 8.66. The van der Waals surface area contributed by atoms with E-state index in [4.69, 9.17) is 14.2 Å². The SMILES string of the molecule is C=C1SC(=O)N(c2ccccc2OCC(CC2(C)CCc3c(C)c(OCc4ccccc4)c(C)c(C)c3O2)NC)C1=O. The van der Waals surface area contributed by atoms with E-state index in [1.54, 1.807) is 18.2 Å². The number of likely N-dealkylation sites (N-methyl/N-ethyl adjacent to an activating group) is 1. The molecule has 0 bridgehead atoms. The highest BCUT2D eigenvalue weighted by atomic mass is 32.2. The van der Waals surface area contributed by atoms with Crippen molar-refractivity contribution in [2.45, 2.75) is 65.2 Å². The molecule has 0 aromatic heterocycles. The summed E-state index contributed by atoms with van der Waals surface area (Å²) in [4.78, 5) is 26.4. The van der Waals surface area contributed by atoms with Gasteiger partial charge in [0.25, 0.3) is 11.1 Å². The predicted octanol–water partition coefficient (Wildman–Crippen LogP) is 7.05. The van der Waals surface area contributed by atoms with Gasteiger partial charge in [-0.25, -0.2) is 4.90 Å². The summed E-state index contributed by atoms with van der Waals surface area (Å²) >= 11 is 0.842. The van der Waals surface area contributed by atoms with Gasteiger partial charge in [-0.05, 0) is 93.7 Å². The molecule has 8 heteroatoms. The molecule has 2 amide bonds. The summed E-state index contributed by atoms with van der Waals surface area (Å²) < 4.78 is 19.4. The Bertz CT molecular complexity index is 1520. The van der Waals surface area contributed by atoms with Gasteiger partial charge in [0.15, 0.2) is 0 Å². The minimum Gasteiger partial charge on any atom is -0.490 e. The Hall–Kier alpha value is -3.75. The van der Waals surface area contributed by atoms with E-state index in [0.717, 1.165) is 63.3 Å². The number of nitrogens with one attached hydrogen (secondary N) is 1. The number of fused-ring (bicyclic) bond motifs is 1. The zero-order valence-corrected chi connectivity index (χ0v) is 25.7. The van der Waals surface area contributed by atoms with Crippen LogP contribution in [0.2, 0.25) is 0 Å². The number of benzene rings is 3. The largest absolute Gasteiger partial charge is 0.490 e. The molecular weight excluding hydrogens is 548 g/mol. The Morgan fingerprint density at radius 3 is 2.43 bits per heavy atom. The summed E-state index contributed by atoms with van der Waals surface area (Å²) in [6.45, 7) is 13.1. The van der Waals surface area contributed by atoms with Crippen LogP contribution in [0.4, 0.5) is 10.5 Å². The minimum atomic E-state index is -0.414. The van der Waals surface area contributed by atoms with Crippen LogP contribution < -0.4 is 24.4 Å². The molecule has 3 aromatic carbocycles. The third kappa shape index (κ3) is 5.92. The van der Waals surface area contributed by atoms with Crippen molar-refractivity contribution < 1.29 is 23.8 Å². The van der Waals surface area contributed by atoms with Crippen LogP contribution in [0.5, 0.6) is 17.2 Å². The van der Waals surface area contributed by atoms with Crippen LogP contribution in [0, 0.1) is 20.8 Å². The van der Waals surface area contributed by atoms with E-state index in [-0.39, 0.29) is 16.2 Å². The molecule has 5 rings (SSSR count). The van der Waals surface area contributed by atoms with Crippen molar-refractivity contribution in [2.75, 3.05) is 18.6 Å². The molecule has 220 valence electrons. The van der Waals surface area contributed by atoms with Crippen molar-refractivity contribution in [1.82, 2.24) is 5.32 Å². The Morgan fingerprint density at radius 1 is 1.02 bits per heavy atom. The maximum Gasteiger partial charge on any atom is 0.298 e. The van der Waals surface area contributed by atoms with Gasteiger partial charge in [0.2, 0.25) is 0 Å². The summed E-state index contributed by atoms with van der Waals surface area (Å²) in [5.41, 5.74) is 5.72. The maximum atomic E-state index is 12.6.